The van der Waals surface area contributed by atoms with Crippen LogP contribution in [0.2, 0.25) is 0 Å². The lowest BCUT2D eigenvalue weighted by Gasteiger charge is -2.12. The molecule has 9 heteroatoms. The molecule has 3 rings (SSSR count). The molecule has 7 nitrogen and oxygen atoms in total. The molecule has 0 saturated heterocycles. The molecule has 0 aromatic heterocycles. The Morgan fingerprint density at radius 2 is 1.82 bits per heavy atom. The van der Waals surface area contributed by atoms with Crippen LogP contribution in [0.3, 0.4) is 0 Å². The van der Waals surface area contributed by atoms with Crippen LogP contribution in [0.15, 0.2) is 75.2 Å². The zero-order valence-electron chi connectivity index (χ0n) is 17.3. The molecule has 0 aliphatic carbocycles. The third-order valence-electron chi connectivity index (χ3n) is 4.52. The smallest absolute Gasteiger partial charge is 0.293 e. The van der Waals surface area contributed by atoms with Crippen LogP contribution < -0.4 is 10.1 Å². The summed E-state index contributed by atoms with van der Waals surface area (Å²) in [6.07, 6.45) is 1.39. The number of nitro benzene ring substituents is 1. The van der Waals surface area contributed by atoms with Crippen LogP contribution in [0.5, 0.6) is 5.75 Å². The number of nitrogens with zero attached hydrogens (tertiary/aromatic N) is 2. The molecule has 166 valence electrons. The Labute approximate surface area is 207 Å². The summed E-state index contributed by atoms with van der Waals surface area (Å²) < 4.78 is 7.15. The van der Waals surface area contributed by atoms with E-state index in [-0.39, 0.29) is 16.9 Å². The van der Waals surface area contributed by atoms with Gasteiger partial charge in [0, 0.05) is 6.07 Å². The number of nitrogens with one attached hydrogen (secondary N) is 1. The van der Waals surface area contributed by atoms with E-state index in [4.69, 9.17) is 4.74 Å². The summed E-state index contributed by atoms with van der Waals surface area (Å²) in [5.74, 6) is -0.171. The van der Waals surface area contributed by atoms with Crippen molar-refractivity contribution in [3.8, 4) is 11.8 Å². The Morgan fingerprint density at radius 1 is 1.15 bits per heavy atom. The first-order valence-corrected chi connectivity index (χ1v) is 11.2. The van der Waals surface area contributed by atoms with Gasteiger partial charge in [-0.3, -0.25) is 14.9 Å². The molecular weight excluding hydrogens is 554 g/mol. The number of halogens is 2. The van der Waals surface area contributed by atoms with E-state index in [2.05, 4.69) is 37.2 Å². The number of benzene rings is 3. The Hall–Kier alpha value is -3.48. The third-order valence-corrected chi connectivity index (χ3v) is 5.70. The monoisotopic (exact) mass is 569 g/mol. The van der Waals surface area contributed by atoms with Crippen molar-refractivity contribution in [3.05, 3.63) is 102 Å². The predicted molar refractivity (Wildman–Crippen MR) is 133 cm³/mol. The number of aryl methyl sites for hydroxylation is 1. The summed E-state index contributed by atoms with van der Waals surface area (Å²) in [5.41, 5.74) is 1.82. The highest BCUT2D eigenvalue weighted by Crippen LogP contribution is 2.36. The van der Waals surface area contributed by atoms with Gasteiger partial charge in [-0.05, 0) is 79.7 Å². The number of carbonyl (C=O) groups is 1. The minimum Gasteiger partial charge on any atom is -0.487 e. The fraction of sp³-hybridized carbons (Fsp3) is 0.0833. The van der Waals surface area contributed by atoms with E-state index in [0.29, 0.717) is 32.4 Å². The first kappa shape index (κ1) is 24.2. The third kappa shape index (κ3) is 6.28. The minimum atomic E-state index is -0.749. The van der Waals surface area contributed by atoms with E-state index in [1.807, 2.05) is 36.4 Å². The molecule has 1 N–H and O–H groups in total. The van der Waals surface area contributed by atoms with Gasteiger partial charge in [-0.15, -0.1) is 0 Å². The van der Waals surface area contributed by atoms with Gasteiger partial charge in [-0.1, -0.05) is 36.4 Å². The number of hydrogen-bond acceptors (Lipinski definition) is 5. The quantitative estimate of drug-likeness (QED) is 0.150. The van der Waals surface area contributed by atoms with Crippen molar-refractivity contribution in [2.75, 3.05) is 5.32 Å². The average molecular weight is 571 g/mol. The highest BCUT2D eigenvalue weighted by atomic mass is 79.9. The van der Waals surface area contributed by atoms with E-state index in [1.165, 1.54) is 18.2 Å². The van der Waals surface area contributed by atoms with Gasteiger partial charge >= 0.3 is 0 Å². The van der Waals surface area contributed by atoms with Gasteiger partial charge in [-0.25, -0.2) is 0 Å². The molecule has 0 aliphatic rings. The Kier molecular flexibility index (Phi) is 7.98. The van der Waals surface area contributed by atoms with Crippen LogP contribution in [0.25, 0.3) is 6.08 Å². The molecule has 3 aromatic rings. The maximum absolute atomic E-state index is 12.6. The lowest BCUT2D eigenvalue weighted by atomic mass is 10.1. The van der Waals surface area contributed by atoms with Crippen molar-refractivity contribution in [1.29, 1.82) is 5.26 Å². The molecule has 33 heavy (non-hydrogen) atoms. The molecule has 0 spiro atoms. The molecule has 0 aliphatic heterocycles. The molecule has 0 unspecified atom stereocenters. The molecule has 0 saturated carbocycles. The molecule has 0 fully saturated rings. The second-order valence-electron chi connectivity index (χ2n) is 6.99. The fourth-order valence-electron chi connectivity index (χ4n) is 2.93. The van der Waals surface area contributed by atoms with Crippen LogP contribution in [0, 0.1) is 28.4 Å². The van der Waals surface area contributed by atoms with Gasteiger partial charge in [0.15, 0.2) is 0 Å². The SMILES string of the molecule is Cc1ccc(NC(=O)/C(C#N)=C/c2cc(Br)c(OCc3ccccc3)c(Br)c2)c([N+](=O)[O-])c1. The number of rotatable bonds is 7. The topological polar surface area (TPSA) is 105 Å². The minimum absolute atomic E-state index is 0.0174. The van der Waals surface area contributed by atoms with Gasteiger partial charge in [-0.2, -0.15) is 5.26 Å². The molecular formula is C24H17Br2N3O4. The molecule has 0 bridgehead atoms. The van der Waals surface area contributed by atoms with E-state index >= 15 is 0 Å². The highest BCUT2D eigenvalue weighted by Gasteiger charge is 2.18. The number of amides is 1. The summed E-state index contributed by atoms with van der Waals surface area (Å²) in [4.78, 5) is 23.3. The molecule has 1 amide bonds. The highest BCUT2D eigenvalue weighted by molar-refractivity contribution is 9.11. The molecule has 0 atom stereocenters. The number of ether oxygens (including phenoxy) is 1. The van der Waals surface area contributed by atoms with E-state index in [9.17, 15) is 20.2 Å². The molecule has 0 heterocycles. The normalized spacial score (nSPS) is 10.9. The second kappa shape index (κ2) is 10.9. The first-order chi connectivity index (χ1) is 15.8. The van der Waals surface area contributed by atoms with E-state index in [0.717, 1.165) is 5.56 Å². The number of nitro groups is 1. The lowest BCUT2D eigenvalue weighted by molar-refractivity contribution is -0.384. The number of carbonyl (C=O) groups excluding carboxylic acids is 1. The van der Waals surface area contributed by atoms with Gasteiger partial charge in [0.1, 0.15) is 29.7 Å². The van der Waals surface area contributed by atoms with Gasteiger partial charge in [0.25, 0.3) is 11.6 Å². The van der Waals surface area contributed by atoms with Crippen LogP contribution in [0.1, 0.15) is 16.7 Å². The van der Waals surface area contributed by atoms with Crippen molar-refractivity contribution in [1.82, 2.24) is 0 Å². The van der Waals surface area contributed by atoms with Gasteiger partial charge in [0.05, 0.1) is 13.9 Å². The summed E-state index contributed by atoms with van der Waals surface area (Å²) in [5, 5.41) is 23.2. The van der Waals surface area contributed by atoms with Crippen molar-refractivity contribution < 1.29 is 14.5 Å². The largest absolute Gasteiger partial charge is 0.487 e. The second-order valence-corrected chi connectivity index (χ2v) is 8.70. The van der Waals surface area contributed by atoms with Crippen molar-refractivity contribution in [3.63, 3.8) is 0 Å². The summed E-state index contributed by atoms with van der Waals surface area (Å²) >= 11 is 6.93. The van der Waals surface area contributed by atoms with Crippen LogP contribution >= 0.6 is 31.9 Å². The molecule has 3 aromatic carbocycles. The summed E-state index contributed by atoms with van der Waals surface area (Å²) in [6.45, 7) is 2.08. The van der Waals surface area contributed by atoms with Crippen molar-refractivity contribution in [2.24, 2.45) is 0 Å². The predicted octanol–water partition coefficient (Wildman–Crippen LogP) is 6.55. The standard InChI is InChI=1S/C24H17Br2N3O4/c1-15-7-8-21(22(9-15)29(31)32)28-24(30)18(13-27)10-17-11-19(25)23(20(26)12-17)33-14-16-5-3-2-4-6-16/h2-12H,14H2,1H3,(H,28,30)/b18-10+. The Balaban J connectivity index is 1.81. The van der Waals surface area contributed by atoms with Crippen LogP contribution in [-0.4, -0.2) is 10.8 Å². The van der Waals surface area contributed by atoms with Gasteiger partial charge < -0.3 is 10.1 Å². The molecule has 0 radical (unpaired) electrons. The van der Waals surface area contributed by atoms with Crippen molar-refractivity contribution in [2.45, 2.75) is 13.5 Å². The number of anilines is 1. The van der Waals surface area contributed by atoms with E-state index in [1.54, 1.807) is 25.1 Å². The van der Waals surface area contributed by atoms with Crippen LogP contribution in [-0.2, 0) is 11.4 Å². The zero-order valence-corrected chi connectivity index (χ0v) is 20.5. The zero-order chi connectivity index (χ0) is 24.0. The van der Waals surface area contributed by atoms with Crippen LogP contribution in [0.4, 0.5) is 11.4 Å². The number of hydrogen-bond donors (Lipinski definition) is 1. The van der Waals surface area contributed by atoms with E-state index < -0.39 is 10.8 Å². The first-order valence-electron chi connectivity index (χ1n) is 9.62. The summed E-state index contributed by atoms with van der Waals surface area (Å²) in [6, 6.07) is 19.4. The van der Waals surface area contributed by atoms with Gasteiger partial charge in [0.2, 0.25) is 0 Å². The Morgan fingerprint density at radius 3 is 2.42 bits per heavy atom. The number of nitriles is 1. The van der Waals surface area contributed by atoms with Crippen molar-refractivity contribution >= 4 is 55.2 Å². The fourth-order valence-corrected chi connectivity index (χ4v) is 4.38. The maximum Gasteiger partial charge on any atom is 0.293 e. The Bertz CT molecular complexity index is 1260. The average Bonchev–Trinajstić information content (AvgIpc) is 2.78. The lowest BCUT2D eigenvalue weighted by Crippen LogP contribution is -2.14. The summed E-state index contributed by atoms with van der Waals surface area (Å²) in [7, 11) is 0. The maximum atomic E-state index is 12.6.